The molecule has 0 aromatic rings. The molecular formula is C47H88O9. The van der Waals surface area contributed by atoms with Crippen LogP contribution < -0.4 is 0 Å². The van der Waals surface area contributed by atoms with E-state index < -0.39 is 43.4 Å². The molecule has 4 N–H and O–H groups in total. The maximum Gasteiger partial charge on any atom is 0.306 e. The normalized spacial score (nSPS) is 20.7. The zero-order valence-electron chi connectivity index (χ0n) is 36.1. The third-order valence-electron chi connectivity index (χ3n) is 10.9. The van der Waals surface area contributed by atoms with E-state index in [1.165, 1.54) is 135 Å². The number of esters is 1. The van der Waals surface area contributed by atoms with Crippen LogP contribution in [0, 0.1) is 0 Å². The lowest BCUT2D eigenvalue weighted by Crippen LogP contribution is -2.59. The molecule has 0 aromatic carbocycles. The Kier molecular flexibility index (Phi) is 36.8. The Morgan fingerprint density at radius 2 is 1.04 bits per heavy atom. The second kappa shape index (κ2) is 39.1. The van der Waals surface area contributed by atoms with Crippen LogP contribution in [0.15, 0.2) is 24.3 Å². The maximum absolute atomic E-state index is 12.8. The number of ether oxygens (including phenoxy) is 4. The number of carbonyl (C=O) groups is 1. The summed E-state index contributed by atoms with van der Waals surface area (Å²) in [5.41, 5.74) is 0. The Morgan fingerprint density at radius 1 is 0.571 bits per heavy atom. The summed E-state index contributed by atoms with van der Waals surface area (Å²) in [6.45, 7) is 4.54. The average molecular weight is 797 g/mol. The number of aliphatic hydroxyl groups excluding tert-OH is 4. The van der Waals surface area contributed by atoms with E-state index in [9.17, 15) is 25.2 Å². The monoisotopic (exact) mass is 797 g/mol. The smallest absolute Gasteiger partial charge is 0.306 e. The van der Waals surface area contributed by atoms with Gasteiger partial charge in [-0.2, -0.15) is 0 Å². The van der Waals surface area contributed by atoms with Crippen molar-refractivity contribution in [3.8, 4) is 0 Å². The van der Waals surface area contributed by atoms with Gasteiger partial charge < -0.3 is 39.4 Å². The fourth-order valence-electron chi connectivity index (χ4n) is 7.17. The highest BCUT2D eigenvalue weighted by atomic mass is 16.7. The Balaban J connectivity index is 2.25. The lowest BCUT2D eigenvalue weighted by molar-refractivity contribution is -0.305. The third-order valence-corrected chi connectivity index (χ3v) is 10.9. The van der Waals surface area contributed by atoms with Gasteiger partial charge >= 0.3 is 5.97 Å². The van der Waals surface area contributed by atoms with Crippen molar-refractivity contribution in [3.05, 3.63) is 24.3 Å². The molecule has 0 bridgehead atoms. The van der Waals surface area contributed by atoms with E-state index in [1.54, 1.807) is 0 Å². The molecule has 6 unspecified atom stereocenters. The zero-order valence-corrected chi connectivity index (χ0v) is 36.1. The summed E-state index contributed by atoms with van der Waals surface area (Å²) >= 11 is 0. The van der Waals surface area contributed by atoms with Crippen LogP contribution >= 0.6 is 0 Å². The number of allylic oxidation sites excluding steroid dienone is 4. The predicted octanol–water partition coefficient (Wildman–Crippen LogP) is 10.6. The van der Waals surface area contributed by atoms with E-state index >= 15 is 0 Å². The van der Waals surface area contributed by atoms with Crippen molar-refractivity contribution in [3.63, 3.8) is 0 Å². The van der Waals surface area contributed by atoms with E-state index in [0.29, 0.717) is 13.0 Å². The minimum absolute atomic E-state index is 0.114. The minimum atomic E-state index is -1.54. The van der Waals surface area contributed by atoms with Gasteiger partial charge in [-0.1, -0.05) is 179 Å². The quantitative estimate of drug-likeness (QED) is 0.0271. The number of rotatable bonds is 40. The van der Waals surface area contributed by atoms with Crippen LogP contribution in [0.25, 0.3) is 0 Å². The van der Waals surface area contributed by atoms with Gasteiger partial charge in [-0.25, -0.2) is 0 Å². The lowest BCUT2D eigenvalue weighted by Gasteiger charge is -2.39. The van der Waals surface area contributed by atoms with Crippen molar-refractivity contribution >= 4 is 5.97 Å². The molecule has 1 saturated heterocycles. The van der Waals surface area contributed by atoms with Crippen LogP contribution in [0.4, 0.5) is 0 Å². The highest BCUT2D eigenvalue weighted by molar-refractivity contribution is 5.69. The van der Waals surface area contributed by atoms with Gasteiger partial charge in [0.25, 0.3) is 0 Å². The Labute approximate surface area is 343 Å². The van der Waals surface area contributed by atoms with Crippen molar-refractivity contribution in [2.75, 3.05) is 26.4 Å². The van der Waals surface area contributed by atoms with E-state index in [-0.39, 0.29) is 19.2 Å². The van der Waals surface area contributed by atoms with E-state index in [4.69, 9.17) is 18.9 Å². The summed E-state index contributed by atoms with van der Waals surface area (Å²) in [7, 11) is 0. The first kappa shape index (κ1) is 52.7. The van der Waals surface area contributed by atoms with Crippen molar-refractivity contribution in [2.45, 2.75) is 243 Å². The largest absolute Gasteiger partial charge is 0.457 e. The van der Waals surface area contributed by atoms with Crippen molar-refractivity contribution in [2.24, 2.45) is 0 Å². The highest BCUT2D eigenvalue weighted by Gasteiger charge is 2.44. The first-order valence-electron chi connectivity index (χ1n) is 23.4. The average Bonchev–Trinajstić information content (AvgIpc) is 3.20. The SMILES string of the molecule is CCCCCC/C=C\C/C=C\CCCCCCCCOCC(COC1OC(CO)C(O)C(O)C1O)OC(=O)CCCCCCCCCCCCCCCCCC. The summed E-state index contributed by atoms with van der Waals surface area (Å²) in [5.74, 6) is -0.314. The van der Waals surface area contributed by atoms with Crippen molar-refractivity contribution < 1.29 is 44.2 Å². The van der Waals surface area contributed by atoms with Crippen LogP contribution in [0.2, 0.25) is 0 Å². The summed E-state index contributed by atoms with van der Waals surface area (Å²) < 4.78 is 22.8. The number of carbonyl (C=O) groups excluding carboxylic acids is 1. The van der Waals surface area contributed by atoms with Crippen LogP contribution in [0.1, 0.15) is 206 Å². The molecule has 0 amide bonds. The fourth-order valence-corrected chi connectivity index (χ4v) is 7.17. The van der Waals surface area contributed by atoms with Gasteiger partial charge in [0.05, 0.1) is 19.8 Å². The van der Waals surface area contributed by atoms with Crippen LogP contribution in [0.5, 0.6) is 0 Å². The van der Waals surface area contributed by atoms with Gasteiger partial charge in [-0.15, -0.1) is 0 Å². The van der Waals surface area contributed by atoms with E-state index in [1.807, 2.05) is 0 Å². The molecular weight excluding hydrogens is 709 g/mol. The number of hydrogen-bond acceptors (Lipinski definition) is 9. The van der Waals surface area contributed by atoms with E-state index in [2.05, 4.69) is 38.2 Å². The minimum Gasteiger partial charge on any atom is -0.457 e. The van der Waals surface area contributed by atoms with Gasteiger partial charge in [0, 0.05) is 13.0 Å². The van der Waals surface area contributed by atoms with E-state index in [0.717, 1.165) is 51.4 Å². The fraction of sp³-hybridized carbons (Fsp3) is 0.894. The van der Waals surface area contributed by atoms with Gasteiger partial charge in [0.1, 0.15) is 30.5 Å². The Morgan fingerprint density at radius 3 is 1.55 bits per heavy atom. The number of unbranched alkanes of at least 4 members (excludes halogenated alkanes) is 25. The molecule has 330 valence electrons. The van der Waals surface area contributed by atoms with Crippen LogP contribution in [-0.4, -0.2) is 89.6 Å². The molecule has 0 saturated carbocycles. The Hall–Kier alpha value is -1.33. The zero-order chi connectivity index (χ0) is 40.7. The summed E-state index contributed by atoms with van der Waals surface area (Å²) in [5, 5.41) is 40.1. The van der Waals surface area contributed by atoms with Crippen LogP contribution in [0.3, 0.4) is 0 Å². The Bertz CT molecular complexity index is 910. The van der Waals surface area contributed by atoms with Crippen molar-refractivity contribution in [1.29, 1.82) is 0 Å². The summed E-state index contributed by atoms with van der Waals surface area (Å²) in [6, 6.07) is 0. The van der Waals surface area contributed by atoms with Gasteiger partial charge in [0.15, 0.2) is 6.29 Å². The molecule has 9 heteroatoms. The molecule has 1 rings (SSSR count). The number of aliphatic hydroxyl groups is 4. The van der Waals surface area contributed by atoms with Crippen molar-refractivity contribution in [1.82, 2.24) is 0 Å². The molecule has 0 radical (unpaired) electrons. The second-order valence-corrected chi connectivity index (χ2v) is 16.2. The maximum atomic E-state index is 12.8. The van der Waals surface area contributed by atoms with Gasteiger partial charge in [-0.05, 0) is 44.9 Å². The first-order valence-corrected chi connectivity index (χ1v) is 23.4. The third kappa shape index (κ3) is 29.8. The molecule has 0 aromatic heterocycles. The molecule has 1 aliphatic heterocycles. The molecule has 0 spiro atoms. The summed E-state index contributed by atoms with van der Waals surface area (Å²) in [4.78, 5) is 12.8. The molecule has 1 heterocycles. The predicted molar refractivity (Wildman–Crippen MR) is 229 cm³/mol. The molecule has 56 heavy (non-hydrogen) atoms. The number of hydrogen-bond donors (Lipinski definition) is 4. The van der Waals surface area contributed by atoms with Gasteiger partial charge in [0.2, 0.25) is 0 Å². The molecule has 6 atom stereocenters. The first-order chi connectivity index (χ1) is 27.4. The molecule has 1 aliphatic rings. The second-order valence-electron chi connectivity index (χ2n) is 16.2. The highest BCUT2D eigenvalue weighted by Crippen LogP contribution is 2.23. The molecule has 1 fully saturated rings. The molecule has 0 aliphatic carbocycles. The van der Waals surface area contributed by atoms with Crippen LogP contribution in [-0.2, 0) is 23.7 Å². The van der Waals surface area contributed by atoms with Gasteiger partial charge in [-0.3, -0.25) is 4.79 Å². The standard InChI is InChI=1S/C47H88O9/c1-3-5-7-9-11-13-15-17-19-21-23-25-27-29-31-33-35-37-53-39-41(40-54-47-46(52)45(51)44(50)42(38-48)56-47)55-43(49)36-34-32-30-28-26-24-22-20-18-16-14-12-10-8-6-4-2/h13,15,19,21,41-42,44-48,50-52H,3-12,14,16-18,20,22-40H2,1-2H3/b15-13-,21-19-. The topological polar surface area (TPSA) is 135 Å². The lowest BCUT2D eigenvalue weighted by atomic mass is 9.99. The summed E-state index contributed by atoms with van der Waals surface area (Å²) in [6.07, 6.45) is 37.7. The molecule has 9 nitrogen and oxygen atoms in total.